The van der Waals surface area contributed by atoms with Gasteiger partial charge in [-0.05, 0) is 12.3 Å². The first-order valence-corrected chi connectivity index (χ1v) is 5.61. The van der Waals surface area contributed by atoms with Crippen LogP contribution in [0.15, 0.2) is 6.20 Å². The minimum atomic E-state index is -0.467. The van der Waals surface area contributed by atoms with Crippen LogP contribution in [0.25, 0.3) is 0 Å². The fourth-order valence-corrected chi connectivity index (χ4v) is 1.79. The van der Waals surface area contributed by atoms with Gasteiger partial charge in [-0.15, -0.1) is 0 Å². The van der Waals surface area contributed by atoms with Crippen LogP contribution in [0.5, 0.6) is 0 Å². The van der Waals surface area contributed by atoms with Gasteiger partial charge in [-0.2, -0.15) is 4.98 Å². The molecule has 1 fully saturated rings. The van der Waals surface area contributed by atoms with Gasteiger partial charge in [-0.3, -0.25) is 10.1 Å². The summed E-state index contributed by atoms with van der Waals surface area (Å²) < 4.78 is 0. The van der Waals surface area contributed by atoms with E-state index in [0.29, 0.717) is 23.7 Å². The maximum absolute atomic E-state index is 10.8. The Kier molecular flexibility index (Phi) is 3.08. The summed E-state index contributed by atoms with van der Waals surface area (Å²) in [6.07, 6.45) is 3.35. The molecule has 2 N–H and O–H groups in total. The van der Waals surface area contributed by atoms with Crippen molar-refractivity contribution in [3.8, 4) is 0 Å². The number of aromatic nitrogens is 2. The van der Waals surface area contributed by atoms with E-state index in [1.807, 2.05) is 0 Å². The Morgan fingerprint density at radius 1 is 1.65 bits per heavy atom. The Labute approximate surface area is 98.8 Å². The van der Waals surface area contributed by atoms with Gasteiger partial charge in [0, 0.05) is 13.1 Å². The number of hydrogen-bond donors (Lipinski definition) is 2. The lowest BCUT2D eigenvalue weighted by atomic mass is 10.3. The minimum Gasteiger partial charge on any atom is -0.361 e. The fourth-order valence-electron chi connectivity index (χ4n) is 1.79. The third kappa shape index (κ3) is 2.43. The number of nitro groups is 1. The topological polar surface area (TPSA) is 93.0 Å². The van der Waals surface area contributed by atoms with Crippen LogP contribution in [-0.2, 0) is 0 Å². The van der Waals surface area contributed by atoms with E-state index < -0.39 is 4.92 Å². The van der Waals surface area contributed by atoms with E-state index in [9.17, 15) is 10.1 Å². The highest BCUT2D eigenvalue weighted by atomic mass is 16.6. The zero-order valence-electron chi connectivity index (χ0n) is 9.80. The van der Waals surface area contributed by atoms with Gasteiger partial charge in [-0.25, -0.2) is 4.98 Å². The molecule has 0 saturated heterocycles. The Morgan fingerprint density at radius 2 is 2.41 bits per heavy atom. The first kappa shape index (κ1) is 11.6. The third-order valence-corrected chi connectivity index (χ3v) is 2.96. The third-order valence-electron chi connectivity index (χ3n) is 2.96. The predicted octanol–water partition coefficient (Wildman–Crippen LogP) is 1.64. The molecule has 2 atom stereocenters. The van der Waals surface area contributed by atoms with E-state index in [1.54, 1.807) is 7.05 Å². The van der Waals surface area contributed by atoms with Crippen molar-refractivity contribution >= 4 is 17.5 Å². The Hall–Kier alpha value is -1.92. The molecule has 0 spiro atoms. The zero-order chi connectivity index (χ0) is 12.4. The molecule has 7 heteroatoms. The maximum atomic E-state index is 10.8. The predicted molar refractivity (Wildman–Crippen MR) is 64.0 cm³/mol. The van der Waals surface area contributed by atoms with E-state index in [1.165, 1.54) is 6.20 Å². The van der Waals surface area contributed by atoms with Gasteiger partial charge in [-0.1, -0.05) is 13.3 Å². The molecule has 17 heavy (non-hydrogen) atoms. The smallest absolute Gasteiger partial charge is 0.329 e. The second-order valence-electron chi connectivity index (χ2n) is 4.09. The number of nitrogens with one attached hydrogen (secondary N) is 2. The molecule has 0 bridgehead atoms. The van der Waals surface area contributed by atoms with Crippen LogP contribution in [0.2, 0.25) is 0 Å². The van der Waals surface area contributed by atoms with Crippen molar-refractivity contribution in [2.45, 2.75) is 25.8 Å². The lowest BCUT2D eigenvalue weighted by Crippen LogP contribution is -2.10. The van der Waals surface area contributed by atoms with E-state index >= 15 is 0 Å². The van der Waals surface area contributed by atoms with Crippen LogP contribution in [0.3, 0.4) is 0 Å². The summed E-state index contributed by atoms with van der Waals surface area (Å²) in [6.45, 7) is 2.11. The lowest BCUT2D eigenvalue weighted by molar-refractivity contribution is -0.384. The monoisotopic (exact) mass is 237 g/mol. The van der Waals surface area contributed by atoms with Gasteiger partial charge in [0.25, 0.3) is 0 Å². The van der Waals surface area contributed by atoms with Crippen molar-refractivity contribution < 1.29 is 4.92 Å². The highest BCUT2D eigenvalue weighted by Gasteiger charge is 2.37. The summed E-state index contributed by atoms with van der Waals surface area (Å²) in [5, 5.41) is 16.7. The molecule has 1 aliphatic rings. The Morgan fingerprint density at radius 3 is 2.94 bits per heavy atom. The molecule has 7 nitrogen and oxygen atoms in total. The molecule has 1 aliphatic carbocycles. The normalized spacial score (nSPS) is 22.0. The summed E-state index contributed by atoms with van der Waals surface area (Å²) in [5.41, 5.74) is -0.0780. The Bertz CT molecular complexity index is 437. The summed E-state index contributed by atoms with van der Waals surface area (Å²) in [7, 11) is 1.68. The maximum Gasteiger partial charge on any atom is 0.329 e. The van der Waals surface area contributed by atoms with Crippen LogP contribution >= 0.6 is 0 Å². The van der Waals surface area contributed by atoms with Gasteiger partial charge >= 0.3 is 5.69 Å². The molecule has 1 saturated carbocycles. The van der Waals surface area contributed by atoms with Gasteiger partial charge in [0.15, 0.2) is 0 Å². The average Bonchev–Trinajstić information content (AvgIpc) is 3.07. The second-order valence-corrected chi connectivity index (χ2v) is 4.09. The van der Waals surface area contributed by atoms with Crippen LogP contribution in [0.1, 0.15) is 19.8 Å². The van der Waals surface area contributed by atoms with Crippen LogP contribution in [0, 0.1) is 16.0 Å². The van der Waals surface area contributed by atoms with E-state index in [4.69, 9.17) is 0 Å². The SMILES string of the molecule is CCC1CC1Nc1nc(NC)ncc1[N+](=O)[O-]. The molecule has 0 amide bonds. The molecule has 1 aromatic rings. The first-order valence-electron chi connectivity index (χ1n) is 5.61. The summed E-state index contributed by atoms with van der Waals surface area (Å²) >= 11 is 0. The van der Waals surface area contributed by atoms with Gasteiger partial charge in [0.1, 0.15) is 6.20 Å². The highest BCUT2D eigenvalue weighted by Crippen LogP contribution is 2.37. The van der Waals surface area contributed by atoms with Crippen LogP contribution in [0.4, 0.5) is 17.5 Å². The van der Waals surface area contributed by atoms with Gasteiger partial charge < -0.3 is 10.6 Å². The van der Waals surface area contributed by atoms with Crippen molar-refractivity contribution in [2.75, 3.05) is 17.7 Å². The molecule has 0 radical (unpaired) electrons. The molecule has 0 aromatic carbocycles. The quantitative estimate of drug-likeness (QED) is 0.597. The van der Waals surface area contributed by atoms with E-state index in [2.05, 4.69) is 27.5 Å². The first-order chi connectivity index (χ1) is 8.15. The van der Waals surface area contributed by atoms with Crippen molar-refractivity contribution in [3.63, 3.8) is 0 Å². The highest BCUT2D eigenvalue weighted by molar-refractivity contribution is 5.58. The van der Waals surface area contributed by atoms with Gasteiger partial charge in [0.05, 0.1) is 4.92 Å². The molecule has 92 valence electrons. The average molecular weight is 237 g/mol. The van der Waals surface area contributed by atoms with Crippen molar-refractivity contribution in [3.05, 3.63) is 16.3 Å². The molecule has 2 unspecified atom stereocenters. The summed E-state index contributed by atoms with van der Waals surface area (Å²) in [5.74, 6) is 1.28. The standard InChI is InChI=1S/C10H15N5O2/c1-3-6-4-7(6)13-9-8(15(16)17)5-12-10(11-2)14-9/h5-7H,3-4H2,1-2H3,(H2,11,12,13,14). The van der Waals surface area contributed by atoms with Crippen molar-refractivity contribution in [2.24, 2.45) is 5.92 Å². The van der Waals surface area contributed by atoms with Gasteiger partial charge in [0.2, 0.25) is 11.8 Å². The largest absolute Gasteiger partial charge is 0.361 e. The lowest BCUT2D eigenvalue weighted by Gasteiger charge is -2.06. The molecular formula is C10H15N5O2. The molecule has 1 aromatic heterocycles. The van der Waals surface area contributed by atoms with E-state index in [-0.39, 0.29) is 5.69 Å². The van der Waals surface area contributed by atoms with Crippen molar-refractivity contribution in [1.29, 1.82) is 0 Å². The van der Waals surface area contributed by atoms with Crippen molar-refractivity contribution in [1.82, 2.24) is 9.97 Å². The van der Waals surface area contributed by atoms with Crippen LogP contribution in [-0.4, -0.2) is 28.0 Å². The molecule has 0 aliphatic heterocycles. The zero-order valence-corrected chi connectivity index (χ0v) is 9.80. The summed E-state index contributed by atoms with van der Waals surface area (Å²) in [6, 6.07) is 0.304. The number of nitrogens with zero attached hydrogens (tertiary/aromatic N) is 3. The Balaban J connectivity index is 2.20. The fraction of sp³-hybridized carbons (Fsp3) is 0.600. The number of rotatable bonds is 5. The van der Waals surface area contributed by atoms with E-state index in [0.717, 1.165) is 12.8 Å². The molecular weight excluding hydrogens is 222 g/mol. The number of hydrogen-bond acceptors (Lipinski definition) is 6. The molecule has 1 heterocycles. The minimum absolute atomic E-state index is 0.0780. The number of anilines is 2. The van der Waals surface area contributed by atoms with Crippen LogP contribution < -0.4 is 10.6 Å². The molecule has 2 rings (SSSR count). The summed E-state index contributed by atoms with van der Waals surface area (Å²) in [4.78, 5) is 18.3. The second kappa shape index (κ2) is 4.52.